The summed E-state index contributed by atoms with van der Waals surface area (Å²) >= 11 is 0. The van der Waals surface area contributed by atoms with Gasteiger partial charge < -0.3 is 9.47 Å². The molecule has 0 bridgehead atoms. The smallest absolute Gasteiger partial charge is 0.340 e. The second-order valence-electron chi connectivity index (χ2n) is 4.43. The number of esters is 2. The molecule has 0 saturated heterocycles. The Hall–Kier alpha value is -1.93. The van der Waals surface area contributed by atoms with Crippen LogP contribution in [-0.4, -0.2) is 38.1 Å². The van der Waals surface area contributed by atoms with Crippen LogP contribution in [0.15, 0.2) is 23.1 Å². The molecule has 1 N–H and O–H groups in total. The van der Waals surface area contributed by atoms with E-state index in [0.29, 0.717) is 12.8 Å². The molecule has 1 rings (SSSR count). The average Bonchev–Trinajstić information content (AvgIpc) is 2.48. The van der Waals surface area contributed by atoms with Crippen molar-refractivity contribution in [3.05, 3.63) is 29.3 Å². The second-order valence-corrected chi connectivity index (χ2v) is 5.82. The molecule has 7 nitrogen and oxygen atoms in total. The van der Waals surface area contributed by atoms with E-state index in [1.807, 2.05) is 0 Å². The highest BCUT2D eigenvalue weighted by molar-refractivity contribution is 7.86. The van der Waals surface area contributed by atoms with E-state index in [0.717, 1.165) is 6.07 Å². The van der Waals surface area contributed by atoms with Crippen LogP contribution in [0.3, 0.4) is 0 Å². The first kappa shape index (κ1) is 18.1. The van der Waals surface area contributed by atoms with Crippen molar-refractivity contribution in [2.75, 3.05) is 13.2 Å². The van der Waals surface area contributed by atoms with Gasteiger partial charge in [0.1, 0.15) is 4.90 Å². The molecule has 0 aliphatic heterocycles. The van der Waals surface area contributed by atoms with Gasteiger partial charge in [-0.25, -0.2) is 9.59 Å². The standard InChI is InChI=1S/C14H18O7S/c1-3-8-20-13(15)10-6-5-7-11(22(17,18)19)12(10)14(16)21-9-4-2/h5-7H,3-4,8-9H2,1-2H3,(H,17,18,19). The average molecular weight is 330 g/mol. The molecule has 0 aliphatic carbocycles. The van der Waals surface area contributed by atoms with Gasteiger partial charge in [-0.05, 0) is 25.0 Å². The number of ether oxygens (including phenoxy) is 2. The van der Waals surface area contributed by atoms with Crippen LogP contribution < -0.4 is 0 Å². The third-order valence-corrected chi connectivity index (χ3v) is 3.50. The fraction of sp³-hybridized carbons (Fsp3) is 0.429. The first-order valence-corrected chi connectivity index (χ1v) is 8.21. The first-order chi connectivity index (χ1) is 10.3. The van der Waals surface area contributed by atoms with Gasteiger partial charge in [0.2, 0.25) is 0 Å². The molecule has 1 aromatic carbocycles. The zero-order chi connectivity index (χ0) is 16.8. The monoisotopic (exact) mass is 330 g/mol. The molecule has 0 heterocycles. The van der Waals surface area contributed by atoms with Gasteiger partial charge in [0.15, 0.2) is 0 Å². The van der Waals surface area contributed by atoms with E-state index in [2.05, 4.69) is 0 Å². The highest BCUT2D eigenvalue weighted by Gasteiger charge is 2.28. The zero-order valence-corrected chi connectivity index (χ0v) is 13.2. The Labute approximate surface area is 129 Å². The van der Waals surface area contributed by atoms with Gasteiger partial charge in [-0.3, -0.25) is 4.55 Å². The van der Waals surface area contributed by atoms with Crippen LogP contribution in [0, 0.1) is 0 Å². The fourth-order valence-corrected chi connectivity index (χ4v) is 2.37. The van der Waals surface area contributed by atoms with E-state index in [1.165, 1.54) is 12.1 Å². The van der Waals surface area contributed by atoms with Crippen molar-refractivity contribution in [1.82, 2.24) is 0 Å². The van der Waals surface area contributed by atoms with Gasteiger partial charge in [0.25, 0.3) is 10.1 Å². The Kier molecular flexibility index (Phi) is 6.51. The van der Waals surface area contributed by atoms with Crippen LogP contribution >= 0.6 is 0 Å². The summed E-state index contributed by atoms with van der Waals surface area (Å²) < 4.78 is 41.9. The van der Waals surface area contributed by atoms with Gasteiger partial charge in [0.05, 0.1) is 24.3 Å². The SMILES string of the molecule is CCCOC(=O)c1cccc(S(=O)(=O)O)c1C(=O)OCCC. The predicted octanol–water partition coefficient (Wildman–Crippen LogP) is 2.07. The van der Waals surface area contributed by atoms with Crippen LogP contribution in [0.1, 0.15) is 47.4 Å². The van der Waals surface area contributed by atoms with Crippen molar-refractivity contribution in [2.45, 2.75) is 31.6 Å². The van der Waals surface area contributed by atoms with E-state index in [4.69, 9.17) is 9.47 Å². The van der Waals surface area contributed by atoms with Crippen molar-refractivity contribution in [2.24, 2.45) is 0 Å². The van der Waals surface area contributed by atoms with Gasteiger partial charge in [-0.1, -0.05) is 19.9 Å². The highest BCUT2D eigenvalue weighted by atomic mass is 32.2. The molecule has 0 unspecified atom stereocenters. The van der Waals surface area contributed by atoms with Crippen molar-refractivity contribution in [3.8, 4) is 0 Å². The Morgan fingerprint density at radius 3 is 2.09 bits per heavy atom. The number of benzene rings is 1. The lowest BCUT2D eigenvalue weighted by Gasteiger charge is -2.12. The summed E-state index contributed by atoms with van der Waals surface area (Å²) in [5, 5.41) is 0. The van der Waals surface area contributed by atoms with Gasteiger partial charge in [-0.2, -0.15) is 8.42 Å². The summed E-state index contributed by atoms with van der Waals surface area (Å²) in [6.07, 6.45) is 1.09. The predicted molar refractivity (Wildman–Crippen MR) is 77.4 cm³/mol. The summed E-state index contributed by atoms with van der Waals surface area (Å²) in [5.74, 6) is -1.85. The number of hydrogen-bond donors (Lipinski definition) is 1. The van der Waals surface area contributed by atoms with Crippen LogP contribution in [0.5, 0.6) is 0 Å². The lowest BCUT2D eigenvalue weighted by molar-refractivity contribution is 0.0454. The molecular weight excluding hydrogens is 312 g/mol. The molecule has 122 valence electrons. The van der Waals surface area contributed by atoms with Crippen molar-refractivity contribution < 1.29 is 32.0 Å². The summed E-state index contributed by atoms with van der Waals surface area (Å²) in [6.45, 7) is 3.73. The molecule has 0 atom stereocenters. The topological polar surface area (TPSA) is 107 Å². The van der Waals surface area contributed by atoms with Crippen molar-refractivity contribution in [1.29, 1.82) is 0 Å². The summed E-state index contributed by atoms with van der Waals surface area (Å²) in [5.41, 5.74) is -0.774. The maximum atomic E-state index is 12.1. The lowest BCUT2D eigenvalue weighted by atomic mass is 10.1. The number of carbonyl (C=O) groups excluding carboxylic acids is 2. The molecule has 0 spiro atoms. The second kappa shape index (κ2) is 7.90. The third-order valence-electron chi connectivity index (χ3n) is 2.60. The molecular formula is C14H18O7S. The zero-order valence-electron chi connectivity index (χ0n) is 12.4. The maximum Gasteiger partial charge on any atom is 0.340 e. The molecule has 8 heteroatoms. The van der Waals surface area contributed by atoms with Crippen LogP contribution in [0.4, 0.5) is 0 Å². The quantitative estimate of drug-likeness (QED) is 0.602. The first-order valence-electron chi connectivity index (χ1n) is 6.77. The van der Waals surface area contributed by atoms with E-state index >= 15 is 0 Å². The van der Waals surface area contributed by atoms with E-state index < -0.39 is 32.5 Å². The minimum absolute atomic E-state index is 0.0576. The summed E-state index contributed by atoms with van der Waals surface area (Å²) in [4.78, 5) is 23.4. The van der Waals surface area contributed by atoms with Crippen LogP contribution in [-0.2, 0) is 19.6 Å². The Bertz CT molecular complexity index is 649. The molecule has 1 aromatic rings. The lowest BCUT2D eigenvalue weighted by Crippen LogP contribution is -2.18. The van der Waals surface area contributed by atoms with Crippen molar-refractivity contribution in [3.63, 3.8) is 0 Å². The highest BCUT2D eigenvalue weighted by Crippen LogP contribution is 2.22. The maximum absolute atomic E-state index is 12.1. The molecule has 22 heavy (non-hydrogen) atoms. The minimum Gasteiger partial charge on any atom is -0.462 e. The van der Waals surface area contributed by atoms with Gasteiger partial charge in [-0.15, -0.1) is 0 Å². The Morgan fingerprint density at radius 2 is 1.59 bits per heavy atom. The Morgan fingerprint density at radius 1 is 1.05 bits per heavy atom. The van der Waals surface area contributed by atoms with Crippen molar-refractivity contribution >= 4 is 22.1 Å². The molecule has 0 radical (unpaired) electrons. The largest absolute Gasteiger partial charge is 0.462 e. The van der Waals surface area contributed by atoms with E-state index in [1.54, 1.807) is 13.8 Å². The molecule has 0 amide bonds. The van der Waals surface area contributed by atoms with Crippen LogP contribution in [0.25, 0.3) is 0 Å². The van der Waals surface area contributed by atoms with Gasteiger partial charge in [0, 0.05) is 0 Å². The fourth-order valence-electron chi connectivity index (χ4n) is 1.67. The summed E-state index contributed by atoms with van der Waals surface area (Å²) in [6, 6.07) is 3.51. The number of carbonyl (C=O) groups is 2. The minimum atomic E-state index is -4.69. The molecule has 0 aliphatic rings. The van der Waals surface area contributed by atoms with E-state index in [-0.39, 0.29) is 18.8 Å². The van der Waals surface area contributed by atoms with Crippen LogP contribution in [0.2, 0.25) is 0 Å². The van der Waals surface area contributed by atoms with Gasteiger partial charge >= 0.3 is 11.9 Å². The number of hydrogen-bond acceptors (Lipinski definition) is 6. The molecule has 0 fully saturated rings. The third kappa shape index (κ3) is 4.54. The Balaban J connectivity index is 3.38. The summed E-state index contributed by atoms with van der Waals surface area (Å²) in [7, 11) is -4.69. The molecule has 0 aromatic heterocycles. The number of rotatable bonds is 7. The normalized spacial score (nSPS) is 11.0. The molecule has 0 saturated carbocycles. The van der Waals surface area contributed by atoms with E-state index in [9.17, 15) is 22.6 Å².